The van der Waals surface area contributed by atoms with Crippen LogP contribution in [0.1, 0.15) is 51.4 Å². The van der Waals surface area contributed by atoms with Gasteiger partial charge in [-0.05, 0) is 63.4 Å². The van der Waals surface area contributed by atoms with E-state index in [0.717, 1.165) is 11.1 Å². The summed E-state index contributed by atoms with van der Waals surface area (Å²) in [6.45, 7) is 11.5. The zero-order valence-electron chi connectivity index (χ0n) is 20.6. The highest BCUT2D eigenvalue weighted by atomic mass is 16.7. The number of rotatable bonds is 7. The summed E-state index contributed by atoms with van der Waals surface area (Å²) in [5, 5.41) is 5.47. The minimum absolute atomic E-state index is 0.164. The maximum Gasteiger partial charge on any atom is 0.492 e. The van der Waals surface area contributed by atoms with E-state index in [0.29, 0.717) is 17.0 Å². The van der Waals surface area contributed by atoms with Crippen LogP contribution in [0.5, 0.6) is 0 Å². The number of amides is 2. The van der Waals surface area contributed by atoms with Gasteiger partial charge in [-0.1, -0.05) is 36.4 Å². The Labute approximate surface area is 201 Å². The summed E-state index contributed by atoms with van der Waals surface area (Å²) in [5.74, 6) is 0.285. The summed E-state index contributed by atoms with van der Waals surface area (Å²) in [5.41, 5.74) is 2.08. The fraction of sp³-hybridized carbons (Fsp3) is 0.400. The van der Waals surface area contributed by atoms with Crippen molar-refractivity contribution in [1.29, 1.82) is 0 Å². The third kappa shape index (κ3) is 6.45. The summed E-state index contributed by atoms with van der Waals surface area (Å²) < 4.78 is 17.8. The van der Waals surface area contributed by atoms with E-state index in [1.54, 1.807) is 6.07 Å². The summed E-state index contributed by atoms with van der Waals surface area (Å²) in [6, 6.07) is 13.1. The van der Waals surface area contributed by atoms with Gasteiger partial charge in [-0.25, -0.2) is 9.78 Å². The van der Waals surface area contributed by atoms with Gasteiger partial charge < -0.3 is 24.7 Å². The molecule has 2 amide bonds. The molecular weight excluding hydrogens is 433 g/mol. The van der Waals surface area contributed by atoms with E-state index in [1.165, 1.54) is 6.92 Å². The van der Waals surface area contributed by atoms with Crippen LogP contribution in [0.3, 0.4) is 0 Å². The lowest BCUT2D eigenvalue weighted by atomic mass is 9.77. The normalized spacial score (nSPS) is 16.8. The predicted octanol–water partition coefficient (Wildman–Crippen LogP) is 4.29. The third-order valence-corrected chi connectivity index (χ3v) is 5.98. The Bertz CT molecular complexity index is 1050. The van der Waals surface area contributed by atoms with Gasteiger partial charge in [0.2, 0.25) is 5.91 Å². The third-order valence-electron chi connectivity index (χ3n) is 5.98. The van der Waals surface area contributed by atoms with E-state index in [-0.39, 0.29) is 19.1 Å². The smallest absolute Gasteiger partial charge is 0.445 e. The highest BCUT2D eigenvalue weighted by Gasteiger charge is 2.52. The van der Waals surface area contributed by atoms with Crippen LogP contribution in [-0.4, -0.2) is 41.8 Å². The molecule has 0 unspecified atom stereocenters. The lowest BCUT2D eigenvalue weighted by Gasteiger charge is -2.32. The number of nitrogens with zero attached hydrogens (tertiary/aromatic N) is 1. The van der Waals surface area contributed by atoms with Crippen molar-refractivity contribution in [1.82, 2.24) is 10.3 Å². The van der Waals surface area contributed by atoms with Crippen molar-refractivity contribution >= 4 is 31.0 Å². The molecule has 0 bridgehead atoms. The Morgan fingerprint density at radius 1 is 1.06 bits per heavy atom. The van der Waals surface area contributed by atoms with E-state index in [4.69, 9.17) is 14.0 Å². The first kappa shape index (κ1) is 25.5. The molecular formula is C25H32BN3O5. The number of aryl methyl sites for hydroxylation is 1. The van der Waals surface area contributed by atoms with Crippen molar-refractivity contribution in [2.24, 2.45) is 0 Å². The Hall–Kier alpha value is -3.17. The highest BCUT2D eigenvalue weighted by molar-refractivity contribution is 6.56. The summed E-state index contributed by atoms with van der Waals surface area (Å²) in [7, 11) is -0.658. The molecule has 1 aliphatic rings. The second-order valence-corrected chi connectivity index (χ2v) is 9.28. The molecule has 180 valence electrons. The van der Waals surface area contributed by atoms with Gasteiger partial charge in [0, 0.05) is 19.2 Å². The zero-order valence-corrected chi connectivity index (χ0v) is 20.6. The van der Waals surface area contributed by atoms with Crippen LogP contribution in [-0.2, 0) is 25.4 Å². The number of carbonyl (C=O) groups is 2. The van der Waals surface area contributed by atoms with Gasteiger partial charge in [-0.2, -0.15) is 0 Å². The van der Waals surface area contributed by atoms with Crippen LogP contribution in [0.15, 0.2) is 47.9 Å². The number of ether oxygens (including phenoxy) is 1. The summed E-state index contributed by atoms with van der Waals surface area (Å²) in [4.78, 5) is 28.1. The molecule has 0 saturated carbocycles. The molecule has 0 aliphatic carbocycles. The van der Waals surface area contributed by atoms with Crippen molar-refractivity contribution in [3.8, 4) is 0 Å². The molecule has 1 aromatic heterocycles. The standard InChI is InChI=1S/C25H32BN3O5/c1-17-20(12-13-22(28-17)29-18(2)30)14-21(26-33-24(3,4)25(5,6)34-26)15-27-23(31)32-16-19-10-8-7-9-11-19/h7-14H,15-16H2,1-6H3,(H,27,31)(H,28,29,30). The molecule has 9 heteroatoms. The van der Waals surface area contributed by atoms with Crippen molar-refractivity contribution in [3.63, 3.8) is 0 Å². The number of pyridine rings is 1. The minimum Gasteiger partial charge on any atom is -0.445 e. The van der Waals surface area contributed by atoms with Gasteiger partial charge in [0.1, 0.15) is 12.4 Å². The van der Waals surface area contributed by atoms with E-state index in [9.17, 15) is 9.59 Å². The molecule has 2 N–H and O–H groups in total. The van der Waals surface area contributed by atoms with E-state index in [1.807, 2.05) is 77.1 Å². The molecule has 2 aromatic rings. The van der Waals surface area contributed by atoms with E-state index >= 15 is 0 Å². The molecule has 0 atom stereocenters. The number of anilines is 1. The number of hydrogen-bond acceptors (Lipinski definition) is 6. The molecule has 3 rings (SSSR count). The average Bonchev–Trinajstić information content (AvgIpc) is 2.98. The van der Waals surface area contributed by atoms with E-state index < -0.39 is 24.4 Å². The number of benzene rings is 1. The number of alkyl carbamates (subject to hydrolysis) is 1. The van der Waals surface area contributed by atoms with Gasteiger partial charge in [0.15, 0.2) is 0 Å². The van der Waals surface area contributed by atoms with Gasteiger partial charge in [-0.3, -0.25) is 4.79 Å². The molecule has 8 nitrogen and oxygen atoms in total. The maximum absolute atomic E-state index is 12.4. The first-order valence-electron chi connectivity index (χ1n) is 11.2. The highest BCUT2D eigenvalue weighted by Crippen LogP contribution is 2.38. The molecule has 0 spiro atoms. The van der Waals surface area contributed by atoms with Gasteiger partial charge in [0.25, 0.3) is 0 Å². The molecule has 0 radical (unpaired) electrons. The van der Waals surface area contributed by atoms with E-state index in [2.05, 4.69) is 15.6 Å². The van der Waals surface area contributed by atoms with Crippen LogP contribution in [0.4, 0.5) is 10.6 Å². The van der Waals surface area contributed by atoms with Crippen molar-refractivity contribution < 1.29 is 23.6 Å². The van der Waals surface area contributed by atoms with Crippen LogP contribution in [0.2, 0.25) is 0 Å². The fourth-order valence-electron chi connectivity index (χ4n) is 3.32. The van der Waals surface area contributed by atoms with Gasteiger partial charge in [0.05, 0.1) is 11.2 Å². The Balaban J connectivity index is 1.77. The topological polar surface area (TPSA) is 98.8 Å². The number of carbonyl (C=O) groups excluding carboxylic acids is 2. The molecule has 1 fully saturated rings. The van der Waals surface area contributed by atoms with Crippen molar-refractivity contribution in [3.05, 3.63) is 64.8 Å². The second kappa shape index (κ2) is 10.4. The SMILES string of the molecule is CC(=O)Nc1ccc(C=C(CNC(=O)OCc2ccccc2)B2OC(C)(C)C(C)(C)O2)c(C)n1. The Morgan fingerprint density at radius 2 is 1.71 bits per heavy atom. The Morgan fingerprint density at radius 3 is 2.29 bits per heavy atom. The largest absolute Gasteiger partial charge is 0.492 e. The number of aromatic nitrogens is 1. The van der Waals surface area contributed by atoms with Crippen LogP contribution in [0, 0.1) is 6.92 Å². The Kier molecular flexibility index (Phi) is 7.79. The second-order valence-electron chi connectivity index (χ2n) is 9.28. The molecule has 34 heavy (non-hydrogen) atoms. The van der Waals surface area contributed by atoms with Crippen LogP contribution in [0.25, 0.3) is 6.08 Å². The summed E-state index contributed by atoms with van der Waals surface area (Å²) >= 11 is 0. The number of nitrogens with one attached hydrogen (secondary N) is 2. The first-order chi connectivity index (χ1) is 16.0. The quantitative estimate of drug-likeness (QED) is 0.592. The average molecular weight is 465 g/mol. The maximum atomic E-state index is 12.4. The lowest BCUT2D eigenvalue weighted by molar-refractivity contribution is -0.114. The van der Waals surface area contributed by atoms with Crippen LogP contribution >= 0.6 is 0 Å². The van der Waals surface area contributed by atoms with Crippen molar-refractivity contribution in [2.45, 2.75) is 59.4 Å². The fourth-order valence-corrected chi connectivity index (χ4v) is 3.32. The summed E-state index contributed by atoms with van der Waals surface area (Å²) in [6.07, 6.45) is 1.35. The van der Waals surface area contributed by atoms with Crippen molar-refractivity contribution in [2.75, 3.05) is 11.9 Å². The predicted molar refractivity (Wildman–Crippen MR) is 132 cm³/mol. The van der Waals surface area contributed by atoms with Crippen LogP contribution < -0.4 is 10.6 Å². The first-order valence-corrected chi connectivity index (χ1v) is 11.2. The minimum atomic E-state index is -0.658. The lowest BCUT2D eigenvalue weighted by Crippen LogP contribution is -2.41. The molecule has 1 aliphatic heterocycles. The van der Waals surface area contributed by atoms with Gasteiger partial charge in [-0.15, -0.1) is 0 Å². The van der Waals surface area contributed by atoms with Gasteiger partial charge >= 0.3 is 13.2 Å². The molecule has 1 aromatic carbocycles. The number of hydrogen-bond donors (Lipinski definition) is 2. The molecule has 2 heterocycles. The monoisotopic (exact) mass is 465 g/mol. The molecule has 1 saturated heterocycles. The zero-order chi connectivity index (χ0) is 24.9.